The lowest BCUT2D eigenvalue weighted by atomic mass is 10.1. The van der Waals surface area contributed by atoms with Crippen molar-refractivity contribution in [3.05, 3.63) is 95.1 Å². The van der Waals surface area contributed by atoms with E-state index in [1.807, 2.05) is 81.6 Å². The SMILES string of the molecule is Cc1cccc2nc3c(C(=O)NCCCN(C)CCCNC(=O)c4cccc5nc6c(C)cccc6nc45)cccc3nc12. The van der Waals surface area contributed by atoms with Gasteiger partial charge in [0.2, 0.25) is 0 Å². The molecule has 0 aliphatic carbocycles. The molecule has 2 aromatic heterocycles. The molecule has 9 nitrogen and oxygen atoms in total. The summed E-state index contributed by atoms with van der Waals surface area (Å²) in [6.45, 7) is 6.75. The molecule has 0 saturated heterocycles. The molecule has 6 rings (SSSR count). The smallest absolute Gasteiger partial charge is 0.253 e. The zero-order valence-corrected chi connectivity index (χ0v) is 25.2. The van der Waals surface area contributed by atoms with Crippen molar-refractivity contribution < 1.29 is 9.59 Å². The number of amides is 2. The fraction of sp³-hybridized carbons (Fsp3) is 0.257. The molecule has 9 heteroatoms. The van der Waals surface area contributed by atoms with Gasteiger partial charge < -0.3 is 15.5 Å². The van der Waals surface area contributed by atoms with Crippen LogP contribution in [-0.4, -0.2) is 69.9 Å². The molecule has 2 amide bonds. The molecular formula is C35H35N7O2. The quantitative estimate of drug-likeness (QED) is 0.164. The second-order valence-corrected chi connectivity index (χ2v) is 11.2. The summed E-state index contributed by atoms with van der Waals surface area (Å²) in [6.07, 6.45) is 1.60. The third-order valence-corrected chi connectivity index (χ3v) is 7.88. The van der Waals surface area contributed by atoms with E-state index < -0.39 is 0 Å². The summed E-state index contributed by atoms with van der Waals surface area (Å²) in [5.41, 5.74) is 9.09. The summed E-state index contributed by atoms with van der Waals surface area (Å²) < 4.78 is 0. The van der Waals surface area contributed by atoms with E-state index >= 15 is 0 Å². The second kappa shape index (κ2) is 12.7. The highest BCUT2D eigenvalue weighted by Gasteiger charge is 2.15. The minimum atomic E-state index is -0.150. The normalized spacial score (nSPS) is 11.5. The maximum atomic E-state index is 13.0. The van der Waals surface area contributed by atoms with Crippen LogP contribution in [0.3, 0.4) is 0 Å². The zero-order valence-electron chi connectivity index (χ0n) is 25.2. The number of aryl methyl sites for hydroxylation is 2. The van der Waals surface area contributed by atoms with Gasteiger partial charge in [-0.25, -0.2) is 19.9 Å². The molecule has 222 valence electrons. The van der Waals surface area contributed by atoms with Crippen LogP contribution in [0, 0.1) is 13.8 Å². The van der Waals surface area contributed by atoms with Crippen LogP contribution in [0.15, 0.2) is 72.8 Å². The molecule has 0 aliphatic heterocycles. The Morgan fingerprint density at radius 1 is 0.568 bits per heavy atom. The van der Waals surface area contributed by atoms with Gasteiger partial charge in [0.1, 0.15) is 11.0 Å². The van der Waals surface area contributed by atoms with Crippen LogP contribution in [0.4, 0.5) is 0 Å². The summed E-state index contributed by atoms with van der Waals surface area (Å²) in [4.78, 5) is 47.2. The first-order valence-corrected chi connectivity index (χ1v) is 15.0. The van der Waals surface area contributed by atoms with Gasteiger partial charge in [-0.3, -0.25) is 9.59 Å². The first kappa shape index (κ1) is 29.1. The van der Waals surface area contributed by atoms with Gasteiger partial charge in [-0.15, -0.1) is 0 Å². The highest BCUT2D eigenvalue weighted by atomic mass is 16.2. The third kappa shape index (κ3) is 6.05. The highest BCUT2D eigenvalue weighted by molar-refractivity contribution is 6.07. The molecule has 0 saturated carbocycles. The van der Waals surface area contributed by atoms with Crippen LogP contribution in [-0.2, 0) is 0 Å². The third-order valence-electron chi connectivity index (χ3n) is 7.88. The van der Waals surface area contributed by atoms with Gasteiger partial charge in [-0.2, -0.15) is 0 Å². The fourth-order valence-electron chi connectivity index (χ4n) is 5.49. The molecule has 0 unspecified atom stereocenters. The summed E-state index contributed by atoms with van der Waals surface area (Å²) >= 11 is 0. The maximum Gasteiger partial charge on any atom is 0.253 e. The number of benzene rings is 4. The van der Waals surface area contributed by atoms with E-state index in [1.54, 1.807) is 12.1 Å². The minimum absolute atomic E-state index is 0.150. The van der Waals surface area contributed by atoms with Crippen LogP contribution in [0.25, 0.3) is 44.1 Å². The maximum absolute atomic E-state index is 13.0. The van der Waals surface area contributed by atoms with Crippen LogP contribution < -0.4 is 10.6 Å². The molecule has 0 bridgehead atoms. The molecule has 6 aromatic rings. The average molecular weight is 586 g/mol. The largest absolute Gasteiger partial charge is 0.352 e. The van der Waals surface area contributed by atoms with Crippen molar-refractivity contribution in [2.24, 2.45) is 0 Å². The molecule has 0 spiro atoms. The molecule has 0 aliphatic rings. The molecule has 2 N–H and O–H groups in total. The van der Waals surface area contributed by atoms with Gasteiger partial charge in [0.15, 0.2) is 0 Å². The predicted molar refractivity (Wildman–Crippen MR) is 175 cm³/mol. The summed E-state index contributed by atoms with van der Waals surface area (Å²) in [7, 11) is 2.05. The molecule has 4 aromatic carbocycles. The lowest BCUT2D eigenvalue weighted by Crippen LogP contribution is -2.31. The summed E-state index contributed by atoms with van der Waals surface area (Å²) in [5.74, 6) is -0.299. The number of nitrogens with one attached hydrogen (secondary N) is 2. The number of para-hydroxylation sites is 4. The van der Waals surface area contributed by atoms with Gasteiger partial charge in [0.25, 0.3) is 11.8 Å². The zero-order chi connectivity index (χ0) is 30.6. The van der Waals surface area contributed by atoms with Crippen LogP contribution >= 0.6 is 0 Å². The highest BCUT2D eigenvalue weighted by Crippen LogP contribution is 2.23. The number of carbonyl (C=O) groups excluding carboxylic acids is 2. The minimum Gasteiger partial charge on any atom is -0.352 e. The van der Waals surface area contributed by atoms with E-state index in [2.05, 4.69) is 15.5 Å². The van der Waals surface area contributed by atoms with Crippen LogP contribution in [0.2, 0.25) is 0 Å². The first-order valence-electron chi connectivity index (χ1n) is 15.0. The monoisotopic (exact) mass is 585 g/mol. The molecule has 0 fully saturated rings. The molecule has 0 radical (unpaired) electrons. The van der Waals surface area contributed by atoms with Gasteiger partial charge in [0, 0.05) is 13.1 Å². The van der Waals surface area contributed by atoms with Crippen molar-refractivity contribution in [2.75, 3.05) is 33.2 Å². The van der Waals surface area contributed by atoms with Crippen molar-refractivity contribution in [3.63, 3.8) is 0 Å². The van der Waals surface area contributed by atoms with Crippen LogP contribution in [0.5, 0.6) is 0 Å². The van der Waals surface area contributed by atoms with Crippen molar-refractivity contribution in [1.29, 1.82) is 0 Å². The van der Waals surface area contributed by atoms with Crippen molar-refractivity contribution in [2.45, 2.75) is 26.7 Å². The number of hydrogen-bond acceptors (Lipinski definition) is 7. The van der Waals surface area contributed by atoms with E-state index in [0.29, 0.717) is 46.3 Å². The Morgan fingerprint density at radius 3 is 1.36 bits per heavy atom. The standard InChI is InChI=1S/C35H35N7O2/c1-22-10-4-14-26-30(22)38-28-16-6-12-24(32(28)40-26)34(43)36-18-8-20-42(3)21-9-19-37-35(44)25-13-7-17-29-33(25)41-27-15-5-11-23(2)31(27)39-29/h4-7,10-17H,8-9,18-21H2,1-3H3,(H,36,43)(H,37,44). The van der Waals surface area contributed by atoms with Crippen LogP contribution in [0.1, 0.15) is 44.7 Å². The van der Waals surface area contributed by atoms with Crippen molar-refractivity contribution in [1.82, 2.24) is 35.5 Å². The van der Waals surface area contributed by atoms with Gasteiger partial charge in [0.05, 0.1) is 44.2 Å². The Hall–Kier alpha value is -5.02. The number of carbonyl (C=O) groups is 2. The molecule has 2 heterocycles. The Balaban J connectivity index is 0.967. The van der Waals surface area contributed by atoms with E-state index in [-0.39, 0.29) is 11.8 Å². The lowest BCUT2D eigenvalue weighted by molar-refractivity contribution is 0.0947. The number of fused-ring (bicyclic) bond motifs is 4. The predicted octanol–water partition coefficient (Wildman–Crippen LogP) is 5.37. The lowest BCUT2D eigenvalue weighted by Gasteiger charge is -2.17. The number of hydrogen-bond donors (Lipinski definition) is 2. The van der Waals surface area contributed by atoms with E-state index in [0.717, 1.165) is 59.1 Å². The van der Waals surface area contributed by atoms with E-state index in [9.17, 15) is 9.59 Å². The second-order valence-electron chi connectivity index (χ2n) is 11.2. The van der Waals surface area contributed by atoms with Gasteiger partial charge >= 0.3 is 0 Å². The Kier molecular flexibility index (Phi) is 8.38. The number of nitrogens with zero attached hydrogens (tertiary/aromatic N) is 5. The van der Waals surface area contributed by atoms with Crippen molar-refractivity contribution in [3.8, 4) is 0 Å². The summed E-state index contributed by atoms with van der Waals surface area (Å²) in [5, 5.41) is 6.07. The topological polar surface area (TPSA) is 113 Å². The van der Waals surface area contributed by atoms with E-state index in [1.165, 1.54) is 0 Å². The Labute approximate surface area is 255 Å². The van der Waals surface area contributed by atoms with E-state index in [4.69, 9.17) is 19.9 Å². The Morgan fingerprint density at radius 2 is 0.932 bits per heavy atom. The summed E-state index contributed by atoms with van der Waals surface area (Å²) in [6, 6.07) is 22.8. The first-order chi connectivity index (χ1) is 21.4. The number of rotatable bonds is 10. The molecular weight excluding hydrogens is 550 g/mol. The molecule has 44 heavy (non-hydrogen) atoms. The fourth-order valence-corrected chi connectivity index (χ4v) is 5.49. The average Bonchev–Trinajstić information content (AvgIpc) is 3.03. The van der Waals surface area contributed by atoms with Crippen molar-refractivity contribution >= 4 is 55.9 Å². The molecule has 0 atom stereocenters. The van der Waals surface area contributed by atoms with Gasteiger partial charge in [-0.05, 0) is 94.4 Å². The number of aromatic nitrogens is 4. The Bertz CT molecular complexity index is 1880. The van der Waals surface area contributed by atoms with Gasteiger partial charge in [-0.1, -0.05) is 36.4 Å².